The van der Waals surface area contributed by atoms with E-state index in [1.807, 2.05) is 6.92 Å². The Morgan fingerprint density at radius 3 is 2.54 bits per heavy atom. The molecule has 26 heavy (non-hydrogen) atoms. The third kappa shape index (κ3) is 3.82. The van der Waals surface area contributed by atoms with E-state index in [-0.39, 0.29) is 36.2 Å². The molecule has 3 rings (SSSR count). The maximum Gasteiger partial charge on any atom is 0.410 e. The fourth-order valence-electron chi connectivity index (χ4n) is 3.45. The van der Waals surface area contributed by atoms with Crippen molar-refractivity contribution in [1.82, 2.24) is 14.8 Å². The second-order valence-electron chi connectivity index (χ2n) is 6.59. The third-order valence-electron chi connectivity index (χ3n) is 4.78. The van der Waals surface area contributed by atoms with Gasteiger partial charge in [-0.15, -0.1) is 0 Å². The van der Waals surface area contributed by atoms with Crippen LogP contribution in [0.5, 0.6) is 0 Å². The zero-order chi connectivity index (χ0) is 18.7. The van der Waals surface area contributed by atoms with Gasteiger partial charge in [-0.1, -0.05) is 19.4 Å². The molecule has 2 atom stereocenters. The van der Waals surface area contributed by atoms with Crippen LogP contribution in [0.4, 0.5) is 4.79 Å². The van der Waals surface area contributed by atoms with Crippen molar-refractivity contribution in [3.8, 4) is 0 Å². The van der Waals surface area contributed by atoms with Crippen LogP contribution in [0.25, 0.3) is 0 Å². The molecule has 0 spiro atoms. The van der Waals surface area contributed by atoms with Gasteiger partial charge in [0.25, 0.3) is 5.91 Å². The van der Waals surface area contributed by atoms with Gasteiger partial charge < -0.3 is 14.5 Å². The lowest BCUT2D eigenvalue weighted by Gasteiger charge is -2.43. The van der Waals surface area contributed by atoms with E-state index in [0.29, 0.717) is 6.61 Å². The number of rotatable bonds is 4. The van der Waals surface area contributed by atoms with E-state index in [4.69, 9.17) is 4.74 Å². The number of aromatic nitrogens is 1. The number of sulfone groups is 1. The van der Waals surface area contributed by atoms with Crippen molar-refractivity contribution in [2.24, 2.45) is 0 Å². The molecule has 8 nitrogen and oxygen atoms in total. The number of piperazine rings is 1. The fraction of sp³-hybridized carbons (Fsp3) is 0.588. The van der Waals surface area contributed by atoms with Crippen molar-refractivity contribution in [3.63, 3.8) is 0 Å². The summed E-state index contributed by atoms with van der Waals surface area (Å²) < 4.78 is 29.7. The van der Waals surface area contributed by atoms with Gasteiger partial charge in [0.15, 0.2) is 9.84 Å². The number of hydrogen-bond acceptors (Lipinski definition) is 6. The molecular weight excluding hydrogens is 358 g/mol. The van der Waals surface area contributed by atoms with Crippen LogP contribution in [0.15, 0.2) is 24.4 Å². The minimum absolute atomic E-state index is 0.144. The number of ether oxygens (including phenoxy) is 1. The molecule has 2 aliphatic heterocycles. The summed E-state index contributed by atoms with van der Waals surface area (Å²) >= 11 is 0. The van der Waals surface area contributed by atoms with Crippen LogP contribution in [0.1, 0.15) is 30.3 Å². The van der Waals surface area contributed by atoms with E-state index in [9.17, 15) is 18.0 Å². The molecule has 0 bridgehead atoms. The Kier molecular flexibility index (Phi) is 5.45. The normalized spacial score (nSPS) is 24.2. The molecule has 0 aromatic carbocycles. The number of unbranched alkanes of at least 4 members (excludes halogenated alkanes) is 1. The van der Waals surface area contributed by atoms with Crippen LogP contribution in [0.3, 0.4) is 0 Å². The molecule has 2 aliphatic rings. The largest absolute Gasteiger partial charge is 0.449 e. The van der Waals surface area contributed by atoms with Gasteiger partial charge in [-0.3, -0.25) is 9.78 Å². The summed E-state index contributed by atoms with van der Waals surface area (Å²) in [4.78, 5) is 32.2. The molecule has 1 aromatic rings. The Morgan fingerprint density at radius 2 is 1.88 bits per heavy atom. The minimum Gasteiger partial charge on any atom is -0.449 e. The molecule has 0 saturated carbocycles. The zero-order valence-electron chi connectivity index (χ0n) is 14.7. The highest BCUT2D eigenvalue weighted by Gasteiger charge is 2.50. The summed E-state index contributed by atoms with van der Waals surface area (Å²) in [6.45, 7) is 2.82. The van der Waals surface area contributed by atoms with Gasteiger partial charge in [-0.25, -0.2) is 13.2 Å². The van der Waals surface area contributed by atoms with Gasteiger partial charge in [-0.05, 0) is 18.6 Å². The lowest BCUT2D eigenvalue weighted by Crippen LogP contribution is -2.62. The van der Waals surface area contributed by atoms with Crippen molar-refractivity contribution in [3.05, 3.63) is 30.1 Å². The molecule has 0 aliphatic carbocycles. The molecule has 2 amide bonds. The summed E-state index contributed by atoms with van der Waals surface area (Å²) in [5, 5.41) is 0. The first-order valence-corrected chi connectivity index (χ1v) is 10.6. The number of pyridine rings is 1. The molecule has 9 heteroatoms. The van der Waals surface area contributed by atoms with Gasteiger partial charge in [-0.2, -0.15) is 0 Å². The quantitative estimate of drug-likeness (QED) is 0.720. The number of carbonyl (C=O) groups is 2. The van der Waals surface area contributed by atoms with Crippen molar-refractivity contribution in [1.29, 1.82) is 0 Å². The summed E-state index contributed by atoms with van der Waals surface area (Å²) in [5.41, 5.74) is 0.273. The first kappa shape index (κ1) is 18.6. The minimum atomic E-state index is -3.33. The van der Waals surface area contributed by atoms with Crippen LogP contribution < -0.4 is 0 Å². The molecule has 0 N–H and O–H groups in total. The van der Waals surface area contributed by atoms with E-state index >= 15 is 0 Å². The topological polar surface area (TPSA) is 96.9 Å². The van der Waals surface area contributed by atoms with Crippen LogP contribution in [-0.2, 0) is 14.6 Å². The highest BCUT2D eigenvalue weighted by molar-refractivity contribution is 7.91. The first-order chi connectivity index (χ1) is 12.4. The molecule has 142 valence electrons. The van der Waals surface area contributed by atoms with Crippen LogP contribution in [0.2, 0.25) is 0 Å². The van der Waals surface area contributed by atoms with Crippen molar-refractivity contribution >= 4 is 21.8 Å². The van der Waals surface area contributed by atoms with Gasteiger partial charge in [0.2, 0.25) is 0 Å². The van der Waals surface area contributed by atoms with Gasteiger partial charge in [0.1, 0.15) is 5.69 Å². The summed E-state index contributed by atoms with van der Waals surface area (Å²) in [7, 11) is -3.33. The van der Waals surface area contributed by atoms with Crippen molar-refractivity contribution < 1.29 is 22.7 Å². The standard InChI is InChI=1S/C17H23N3O5S/c1-2-3-10-25-17(22)20-9-8-19(14-11-26(23,24)12-15(14)20)16(21)13-6-4-5-7-18-13/h4-7,14-15H,2-3,8-12H2,1H3. The van der Waals surface area contributed by atoms with Gasteiger partial charge in [0.05, 0.1) is 30.2 Å². The maximum atomic E-state index is 12.8. The average molecular weight is 381 g/mol. The smallest absolute Gasteiger partial charge is 0.410 e. The molecular formula is C17H23N3O5S. The number of carbonyl (C=O) groups excluding carboxylic acids is 2. The average Bonchev–Trinajstić information content (AvgIpc) is 2.96. The Morgan fingerprint density at radius 1 is 1.19 bits per heavy atom. The monoisotopic (exact) mass is 381 g/mol. The Hall–Kier alpha value is -2.16. The van der Waals surface area contributed by atoms with E-state index in [2.05, 4.69) is 4.98 Å². The fourth-order valence-corrected chi connectivity index (χ4v) is 5.44. The van der Waals surface area contributed by atoms with E-state index in [0.717, 1.165) is 12.8 Å². The molecule has 2 saturated heterocycles. The zero-order valence-corrected chi connectivity index (χ0v) is 15.5. The highest BCUT2D eigenvalue weighted by atomic mass is 32.2. The van der Waals surface area contributed by atoms with Crippen LogP contribution >= 0.6 is 0 Å². The number of amides is 2. The molecule has 2 fully saturated rings. The van der Waals surface area contributed by atoms with Gasteiger partial charge >= 0.3 is 6.09 Å². The van der Waals surface area contributed by atoms with Crippen molar-refractivity contribution in [2.75, 3.05) is 31.2 Å². The number of nitrogens with zero attached hydrogens (tertiary/aromatic N) is 3. The SMILES string of the molecule is CCCCOC(=O)N1CCN(C(=O)c2ccccn2)C2CS(=O)(=O)CC21. The predicted molar refractivity (Wildman–Crippen MR) is 94.5 cm³/mol. The lowest BCUT2D eigenvalue weighted by molar-refractivity contribution is 0.0247. The van der Waals surface area contributed by atoms with Gasteiger partial charge in [0, 0.05) is 19.3 Å². The Bertz CT molecular complexity index is 768. The van der Waals surface area contributed by atoms with E-state index in [1.165, 1.54) is 16.0 Å². The van der Waals surface area contributed by atoms with E-state index in [1.54, 1.807) is 18.2 Å². The van der Waals surface area contributed by atoms with Crippen LogP contribution in [-0.4, -0.2) is 78.5 Å². The maximum absolute atomic E-state index is 12.8. The second-order valence-corrected chi connectivity index (χ2v) is 8.74. The molecule has 2 unspecified atom stereocenters. The summed E-state index contributed by atoms with van der Waals surface area (Å²) in [5.74, 6) is -0.599. The first-order valence-electron chi connectivity index (χ1n) is 8.79. The molecule has 3 heterocycles. The molecule has 0 radical (unpaired) electrons. The van der Waals surface area contributed by atoms with Crippen LogP contribution in [0, 0.1) is 0 Å². The lowest BCUT2D eigenvalue weighted by atomic mass is 10.0. The van der Waals surface area contributed by atoms with Crippen molar-refractivity contribution in [2.45, 2.75) is 31.8 Å². The number of hydrogen-bond donors (Lipinski definition) is 0. The predicted octanol–water partition coefficient (Wildman–Crippen LogP) is 0.942. The Labute approximate surface area is 153 Å². The summed E-state index contributed by atoms with van der Waals surface area (Å²) in [6.07, 6.45) is 2.68. The third-order valence-corrected chi connectivity index (χ3v) is 6.48. The number of fused-ring (bicyclic) bond motifs is 1. The Balaban J connectivity index is 1.79. The summed E-state index contributed by atoms with van der Waals surface area (Å²) in [6, 6.07) is 3.89. The molecule has 1 aromatic heterocycles. The van der Waals surface area contributed by atoms with E-state index < -0.39 is 28.0 Å². The highest BCUT2D eigenvalue weighted by Crippen LogP contribution is 2.28. The second kappa shape index (κ2) is 7.61.